The summed E-state index contributed by atoms with van der Waals surface area (Å²) >= 11 is 12.4. The Kier molecular flexibility index (Phi) is 6.51. The Balaban J connectivity index is 1.61. The van der Waals surface area contributed by atoms with Crippen molar-refractivity contribution in [2.75, 3.05) is 0 Å². The zero-order valence-electron chi connectivity index (χ0n) is 14.0. The van der Waals surface area contributed by atoms with Gasteiger partial charge in [-0.1, -0.05) is 59.6 Å². The summed E-state index contributed by atoms with van der Waals surface area (Å²) in [5.74, 6) is 0.542. The van der Waals surface area contributed by atoms with Gasteiger partial charge in [-0.15, -0.1) is 0 Å². The minimum Gasteiger partial charge on any atom is -0.488 e. The van der Waals surface area contributed by atoms with Crippen LogP contribution in [0.1, 0.15) is 16.7 Å². The Morgan fingerprint density at radius 1 is 0.808 bits per heavy atom. The Labute approximate surface area is 162 Å². The van der Waals surface area contributed by atoms with Gasteiger partial charge in [0.2, 0.25) is 0 Å². The van der Waals surface area contributed by atoms with E-state index in [1.807, 2.05) is 30.3 Å². The molecule has 0 radical (unpaired) electrons. The van der Waals surface area contributed by atoms with E-state index >= 15 is 0 Å². The average molecular weight is 390 g/mol. The Morgan fingerprint density at radius 3 is 2.23 bits per heavy atom. The van der Waals surface area contributed by atoms with E-state index in [1.54, 1.807) is 24.3 Å². The highest BCUT2D eigenvalue weighted by molar-refractivity contribution is 6.35. The van der Waals surface area contributed by atoms with Crippen molar-refractivity contribution in [2.45, 2.75) is 19.7 Å². The van der Waals surface area contributed by atoms with E-state index in [9.17, 15) is 4.39 Å². The molecule has 0 aliphatic heterocycles. The van der Waals surface area contributed by atoms with Gasteiger partial charge in [0.1, 0.15) is 18.2 Å². The van der Waals surface area contributed by atoms with Gasteiger partial charge in [-0.05, 0) is 35.9 Å². The Morgan fingerprint density at radius 2 is 1.50 bits per heavy atom. The fourth-order valence-electron chi connectivity index (χ4n) is 2.55. The molecule has 3 aromatic rings. The first-order chi connectivity index (χ1) is 12.6. The van der Waals surface area contributed by atoms with E-state index in [2.05, 4.69) is 5.32 Å². The molecule has 3 rings (SSSR count). The van der Waals surface area contributed by atoms with Crippen molar-refractivity contribution in [1.82, 2.24) is 5.32 Å². The van der Waals surface area contributed by atoms with Crippen molar-refractivity contribution in [3.05, 3.63) is 99.3 Å². The highest BCUT2D eigenvalue weighted by atomic mass is 35.5. The minimum absolute atomic E-state index is 0.231. The van der Waals surface area contributed by atoms with Crippen LogP contribution in [0, 0.1) is 5.82 Å². The number of halogens is 3. The maximum absolute atomic E-state index is 13.0. The number of hydrogen-bond donors (Lipinski definition) is 1. The third-order valence-electron chi connectivity index (χ3n) is 3.96. The average Bonchev–Trinajstić information content (AvgIpc) is 2.64. The first-order valence-corrected chi connectivity index (χ1v) is 8.98. The topological polar surface area (TPSA) is 21.3 Å². The second kappa shape index (κ2) is 9.04. The maximum Gasteiger partial charge on any atom is 0.124 e. The summed E-state index contributed by atoms with van der Waals surface area (Å²) in [7, 11) is 0. The predicted octanol–water partition coefficient (Wildman–Crippen LogP) is 6.00. The lowest BCUT2D eigenvalue weighted by Gasteiger charge is -2.14. The first-order valence-electron chi connectivity index (χ1n) is 8.22. The van der Waals surface area contributed by atoms with Gasteiger partial charge in [-0.2, -0.15) is 0 Å². The lowest BCUT2D eigenvalue weighted by molar-refractivity contribution is 0.302. The lowest BCUT2D eigenvalue weighted by Crippen LogP contribution is -2.13. The molecule has 0 unspecified atom stereocenters. The summed E-state index contributed by atoms with van der Waals surface area (Å²) in [5, 5.41) is 4.52. The molecule has 0 saturated carbocycles. The summed E-state index contributed by atoms with van der Waals surface area (Å²) in [4.78, 5) is 0. The highest BCUT2D eigenvalue weighted by Gasteiger charge is 2.08. The molecule has 0 aliphatic carbocycles. The second-order valence-corrected chi connectivity index (χ2v) is 6.64. The van der Waals surface area contributed by atoms with Crippen LogP contribution in [0.5, 0.6) is 5.75 Å². The van der Waals surface area contributed by atoms with E-state index in [0.717, 1.165) is 22.4 Å². The van der Waals surface area contributed by atoms with E-state index in [1.165, 1.54) is 12.1 Å². The second-order valence-electron chi connectivity index (χ2n) is 5.83. The largest absolute Gasteiger partial charge is 0.488 e. The maximum atomic E-state index is 13.0. The van der Waals surface area contributed by atoms with Crippen LogP contribution in [0.25, 0.3) is 0 Å². The summed E-state index contributed by atoms with van der Waals surface area (Å²) in [6.45, 7) is 1.57. The molecule has 2 nitrogen and oxygen atoms in total. The highest BCUT2D eigenvalue weighted by Crippen LogP contribution is 2.27. The van der Waals surface area contributed by atoms with Gasteiger partial charge >= 0.3 is 0 Å². The van der Waals surface area contributed by atoms with Crippen molar-refractivity contribution in [3.8, 4) is 5.75 Å². The van der Waals surface area contributed by atoms with Crippen molar-refractivity contribution in [3.63, 3.8) is 0 Å². The fourth-order valence-corrected chi connectivity index (χ4v) is 3.06. The monoisotopic (exact) mass is 389 g/mol. The van der Waals surface area contributed by atoms with Crippen molar-refractivity contribution < 1.29 is 9.13 Å². The van der Waals surface area contributed by atoms with Crippen molar-refractivity contribution >= 4 is 23.2 Å². The van der Waals surface area contributed by atoms with Gasteiger partial charge in [0.05, 0.1) is 0 Å². The quantitative estimate of drug-likeness (QED) is 0.534. The predicted molar refractivity (Wildman–Crippen MR) is 104 cm³/mol. The molecule has 0 fully saturated rings. The SMILES string of the molecule is Fc1ccc(CNCc2ccccc2OCc2c(Cl)cccc2Cl)cc1. The number of nitrogens with one attached hydrogen (secondary N) is 1. The molecule has 0 saturated heterocycles. The zero-order chi connectivity index (χ0) is 18.4. The van der Waals surface area contributed by atoms with Crippen LogP contribution in [-0.4, -0.2) is 0 Å². The molecule has 5 heteroatoms. The molecule has 0 atom stereocenters. The molecule has 134 valence electrons. The normalized spacial score (nSPS) is 10.7. The molecule has 0 spiro atoms. The lowest BCUT2D eigenvalue weighted by atomic mass is 10.1. The van der Waals surface area contributed by atoms with Gasteiger partial charge in [-0.25, -0.2) is 4.39 Å². The van der Waals surface area contributed by atoms with E-state index in [-0.39, 0.29) is 5.82 Å². The molecule has 0 heterocycles. The smallest absolute Gasteiger partial charge is 0.124 e. The van der Waals surface area contributed by atoms with Crippen LogP contribution in [0.4, 0.5) is 4.39 Å². The van der Waals surface area contributed by atoms with Crippen LogP contribution in [0.2, 0.25) is 10.0 Å². The minimum atomic E-state index is -0.231. The summed E-state index contributed by atoms with van der Waals surface area (Å²) in [6.07, 6.45) is 0. The van der Waals surface area contributed by atoms with Gasteiger partial charge in [0.15, 0.2) is 0 Å². The number of para-hydroxylation sites is 1. The van der Waals surface area contributed by atoms with Crippen LogP contribution >= 0.6 is 23.2 Å². The van der Waals surface area contributed by atoms with Gasteiger partial charge in [0, 0.05) is 34.3 Å². The van der Waals surface area contributed by atoms with Crippen LogP contribution in [0.15, 0.2) is 66.7 Å². The Hall–Kier alpha value is -2.07. The van der Waals surface area contributed by atoms with Gasteiger partial charge < -0.3 is 10.1 Å². The standard InChI is InChI=1S/C21H18Cl2FNO/c22-19-5-3-6-20(23)18(19)14-26-21-7-2-1-4-16(21)13-25-12-15-8-10-17(24)11-9-15/h1-11,25H,12-14H2. The third-order valence-corrected chi connectivity index (χ3v) is 4.67. The molecule has 3 aromatic carbocycles. The number of benzene rings is 3. The summed E-state index contributed by atoms with van der Waals surface area (Å²) in [6, 6.07) is 19.7. The molecule has 0 aromatic heterocycles. The Bertz CT molecular complexity index is 848. The van der Waals surface area contributed by atoms with Crippen molar-refractivity contribution in [1.29, 1.82) is 0 Å². The summed E-state index contributed by atoms with van der Waals surface area (Å²) in [5.41, 5.74) is 2.82. The molecular formula is C21H18Cl2FNO. The molecule has 1 N–H and O–H groups in total. The molecule has 0 amide bonds. The van der Waals surface area contributed by atoms with Gasteiger partial charge in [0.25, 0.3) is 0 Å². The van der Waals surface area contributed by atoms with Gasteiger partial charge in [-0.3, -0.25) is 0 Å². The van der Waals surface area contributed by atoms with Crippen LogP contribution in [0.3, 0.4) is 0 Å². The third kappa shape index (κ3) is 4.98. The number of hydrogen-bond acceptors (Lipinski definition) is 2. The molecule has 0 bridgehead atoms. The van der Waals surface area contributed by atoms with Crippen LogP contribution in [-0.2, 0) is 19.7 Å². The molecule has 0 aliphatic rings. The number of rotatable bonds is 7. The van der Waals surface area contributed by atoms with E-state index in [4.69, 9.17) is 27.9 Å². The van der Waals surface area contributed by atoms with E-state index in [0.29, 0.717) is 29.7 Å². The molecule has 26 heavy (non-hydrogen) atoms. The fraction of sp³-hybridized carbons (Fsp3) is 0.143. The van der Waals surface area contributed by atoms with Crippen molar-refractivity contribution in [2.24, 2.45) is 0 Å². The zero-order valence-corrected chi connectivity index (χ0v) is 15.5. The number of ether oxygens (including phenoxy) is 1. The van der Waals surface area contributed by atoms with E-state index < -0.39 is 0 Å². The molecular weight excluding hydrogens is 372 g/mol. The summed E-state index contributed by atoms with van der Waals surface area (Å²) < 4.78 is 18.9. The first kappa shape index (κ1) is 18.7. The van der Waals surface area contributed by atoms with Crippen LogP contribution < -0.4 is 10.1 Å².